The molecule has 2 rings (SSSR count). The van der Waals surface area contributed by atoms with Crippen LogP contribution in [0, 0.1) is 0 Å². The smallest absolute Gasteiger partial charge is 0.251 e. The molecular formula is C15H20ClNOS. The highest BCUT2D eigenvalue weighted by Crippen LogP contribution is 2.39. The summed E-state index contributed by atoms with van der Waals surface area (Å²) in [6.07, 6.45) is 7.11. The molecule has 0 unspecified atom stereocenters. The van der Waals surface area contributed by atoms with Gasteiger partial charge in [-0.15, -0.1) is 11.6 Å². The first-order valence-electron chi connectivity index (χ1n) is 6.67. The fourth-order valence-electron chi connectivity index (χ4n) is 2.61. The summed E-state index contributed by atoms with van der Waals surface area (Å²) in [5.74, 6) is 0.447. The van der Waals surface area contributed by atoms with Crippen LogP contribution in [0.1, 0.15) is 41.6 Å². The van der Waals surface area contributed by atoms with E-state index in [1.165, 1.54) is 25.7 Å². The van der Waals surface area contributed by atoms with Gasteiger partial charge in [0.25, 0.3) is 5.91 Å². The van der Waals surface area contributed by atoms with Crippen molar-refractivity contribution in [1.82, 2.24) is 5.32 Å². The fourth-order valence-corrected chi connectivity index (χ4v) is 3.69. The molecule has 0 atom stereocenters. The predicted molar refractivity (Wildman–Crippen MR) is 83.0 cm³/mol. The minimum absolute atomic E-state index is 0.00675. The molecule has 104 valence electrons. The van der Waals surface area contributed by atoms with Crippen LogP contribution < -0.4 is 5.32 Å². The normalized spacial score (nSPS) is 17.4. The number of hydrogen-bond acceptors (Lipinski definition) is 2. The van der Waals surface area contributed by atoms with Crippen molar-refractivity contribution in [3.8, 4) is 0 Å². The number of nitrogens with one attached hydrogen (secondary N) is 1. The molecule has 0 bridgehead atoms. The predicted octanol–water partition coefficient (Wildman–Crippen LogP) is 3.83. The molecule has 1 aromatic carbocycles. The van der Waals surface area contributed by atoms with E-state index in [9.17, 15) is 4.79 Å². The SMILES string of the molecule is CSC1(CNC(=O)c2cccc(CCl)c2)CCCC1. The Labute approximate surface area is 124 Å². The number of carbonyl (C=O) groups is 1. The third-order valence-corrected chi connectivity index (χ3v) is 5.59. The van der Waals surface area contributed by atoms with Crippen LogP contribution in [0.3, 0.4) is 0 Å². The molecule has 0 spiro atoms. The summed E-state index contributed by atoms with van der Waals surface area (Å²) in [4.78, 5) is 12.2. The van der Waals surface area contributed by atoms with E-state index in [0.29, 0.717) is 11.4 Å². The Morgan fingerprint density at radius 2 is 2.16 bits per heavy atom. The van der Waals surface area contributed by atoms with Gasteiger partial charge in [0.2, 0.25) is 0 Å². The van der Waals surface area contributed by atoms with Crippen LogP contribution in [0.5, 0.6) is 0 Å². The van der Waals surface area contributed by atoms with Crippen molar-refractivity contribution in [2.45, 2.75) is 36.3 Å². The molecule has 1 fully saturated rings. The summed E-state index contributed by atoms with van der Waals surface area (Å²) in [5.41, 5.74) is 1.68. The van der Waals surface area contributed by atoms with Gasteiger partial charge < -0.3 is 5.32 Å². The van der Waals surface area contributed by atoms with Crippen molar-refractivity contribution >= 4 is 29.3 Å². The lowest BCUT2D eigenvalue weighted by molar-refractivity contribution is 0.0949. The van der Waals surface area contributed by atoms with E-state index in [1.54, 1.807) is 0 Å². The number of halogens is 1. The summed E-state index contributed by atoms with van der Waals surface area (Å²) in [6.45, 7) is 0.762. The Bertz CT molecular complexity index is 444. The summed E-state index contributed by atoms with van der Waals surface area (Å²) in [7, 11) is 0. The molecule has 1 aliphatic rings. The highest BCUT2D eigenvalue weighted by atomic mass is 35.5. The number of thioether (sulfide) groups is 1. The van der Waals surface area contributed by atoms with Gasteiger partial charge in [0.05, 0.1) is 0 Å². The maximum Gasteiger partial charge on any atom is 0.251 e. The zero-order chi connectivity index (χ0) is 13.7. The van der Waals surface area contributed by atoms with Crippen molar-refractivity contribution in [2.75, 3.05) is 12.8 Å². The first-order valence-corrected chi connectivity index (χ1v) is 8.43. The minimum Gasteiger partial charge on any atom is -0.351 e. The molecule has 0 heterocycles. The number of carbonyl (C=O) groups excluding carboxylic acids is 1. The second kappa shape index (κ2) is 6.67. The van der Waals surface area contributed by atoms with Crippen molar-refractivity contribution in [3.63, 3.8) is 0 Å². The van der Waals surface area contributed by atoms with Crippen LogP contribution in [0.2, 0.25) is 0 Å². The molecule has 19 heavy (non-hydrogen) atoms. The molecule has 1 aromatic rings. The Morgan fingerprint density at radius 1 is 1.42 bits per heavy atom. The van der Waals surface area contributed by atoms with Crippen LogP contribution in [0.4, 0.5) is 0 Å². The first-order chi connectivity index (χ1) is 9.19. The number of rotatable bonds is 5. The van der Waals surface area contributed by atoms with E-state index >= 15 is 0 Å². The van der Waals surface area contributed by atoms with Crippen molar-refractivity contribution in [1.29, 1.82) is 0 Å². The molecule has 0 saturated heterocycles. The molecule has 0 aliphatic heterocycles. The molecule has 0 radical (unpaired) electrons. The van der Waals surface area contributed by atoms with Crippen LogP contribution in [0.15, 0.2) is 24.3 Å². The van der Waals surface area contributed by atoms with Crippen LogP contribution in [-0.2, 0) is 5.88 Å². The molecule has 1 amide bonds. The highest BCUT2D eigenvalue weighted by molar-refractivity contribution is 8.00. The van der Waals surface area contributed by atoms with Gasteiger partial charge in [0, 0.05) is 22.7 Å². The average molecular weight is 298 g/mol. The standard InChI is InChI=1S/C15H20ClNOS/c1-19-15(7-2-3-8-15)11-17-14(18)13-6-4-5-12(9-13)10-16/h4-6,9H,2-3,7-8,10-11H2,1H3,(H,17,18). The lowest BCUT2D eigenvalue weighted by Gasteiger charge is -2.26. The second-order valence-electron chi connectivity index (χ2n) is 5.11. The Hall–Kier alpha value is -0.670. The topological polar surface area (TPSA) is 29.1 Å². The number of alkyl halides is 1. The Kier molecular flexibility index (Phi) is 5.17. The highest BCUT2D eigenvalue weighted by Gasteiger charge is 2.33. The monoisotopic (exact) mass is 297 g/mol. The first kappa shape index (κ1) is 14.7. The lowest BCUT2D eigenvalue weighted by atomic mass is 10.1. The van der Waals surface area contributed by atoms with E-state index < -0.39 is 0 Å². The maximum atomic E-state index is 12.2. The summed E-state index contributed by atoms with van der Waals surface area (Å²) >= 11 is 7.68. The molecule has 1 saturated carbocycles. The van der Waals surface area contributed by atoms with E-state index in [-0.39, 0.29) is 10.7 Å². The van der Waals surface area contributed by atoms with Gasteiger partial charge in [0.1, 0.15) is 0 Å². The zero-order valence-corrected chi connectivity index (χ0v) is 12.8. The van der Waals surface area contributed by atoms with Crippen LogP contribution in [0.25, 0.3) is 0 Å². The zero-order valence-electron chi connectivity index (χ0n) is 11.2. The molecular weight excluding hydrogens is 278 g/mol. The van der Waals surface area contributed by atoms with E-state index in [2.05, 4.69) is 11.6 Å². The average Bonchev–Trinajstić information content (AvgIpc) is 2.94. The van der Waals surface area contributed by atoms with Gasteiger partial charge in [-0.05, 0) is 36.8 Å². The van der Waals surface area contributed by atoms with Gasteiger partial charge in [-0.2, -0.15) is 11.8 Å². The Morgan fingerprint density at radius 3 is 2.79 bits per heavy atom. The van der Waals surface area contributed by atoms with Crippen molar-refractivity contribution in [3.05, 3.63) is 35.4 Å². The number of amides is 1. The van der Waals surface area contributed by atoms with Crippen LogP contribution in [-0.4, -0.2) is 23.5 Å². The lowest BCUT2D eigenvalue weighted by Crippen LogP contribution is -2.38. The van der Waals surface area contributed by atoms with E-state index in [4.69, 9.17) is 11.6 Å². The van der Waals surface area contributed by atoms with Gasteiger partial charge in [-0.3, -0.25) is 4.79 Å². The summed E-state index contributed by atoms with van der Waals surface area (Å²) < 4.78 is 0.250. The van der Waals surface area contributed by atoms with Gasteiger partial charge in [-0.1, -0.05) is 25.0 Å². The molecule has 1 aliphatic carbocycles. The third-order valence-electron chi connectivity index (χ3n) is 3.86. The van der Waals surface area contributed by atoms with Crippen LogP contribution >= 0.6 is 23.4 Å². The van der Waals surface area contributed by atoms with Crippen molar-refractivity contribution < 1.29 is 4.79 Å². The van der Waals surface area contributed by atoms with Gasteiger partial charge in [0.15, 0.2) is 0 Å². The van der Waals surface area contributed by atoms with E-state index in [1.807, 2.05) is 36.0 Å². The van der Waals surface area contributed by atoms with Gasteiger partial charge in [-0.25, -0.2) is 0 Å². The molecule has 0 aromatic heterocycles. The fraction of sp³-hybridized carbons (Fsp3) is 0.533. The largest absolute Gasteiger partial charge is 0.351 e. The summed E-state index contributed by atoms with van der Waals surface area (Å²) in [6, 6.07) is 7.52. The molecule has 4 heteroatoms. The van der Waals surface area contributed by atoms with Gasteiger partial charge >= 0.3 is 0 Å². The number of hydrogen-bond donors (Lipinski definition) is 1. The minimum atomic E-state index is 0.00675. The van der Waals surface area contributed by atoms with Crippen molar-refractivity contribution in [2.24, 2.45) is 0 Å². The maximum absolute atomic E-state index is 12.2. The molecule has 2 nitrogen and oxygen atoms in total. The third kappa shape index (κ3) is 3.67. The summed E-state index contributed by atoms with van der Waals surface area (Å²) in [5, 5.41) is 3.08. The second-order valence-corrected chi connectivity index (χ2v) is 6.65. The quantitative estimate of drug-likeness (QED) is 0.837. The Balaban J connectivity index is 1.97. The number of benzene rings is 1. The molecule has 1 N–H and O–H groups in total. The van der Waals surface area contributed by atoms with E-state index in [0.717, 1.165) is 12.1 Å².